The lowest BCUT2D eigenvalue weighted by molar-refractivity contribution is -0.163. The zero-order chi connectivity index (χ0) is 40.4. The predicted molar refractivity (Wildman–Crippen MR) is 208 cm³/mol. The van der Waals surface area contributed by atoms with Crippen LogP contribution in [0.3, 0.4) is 0 Å². The highest BCUT2D eigenvalue weighted by Gasteiger charge is 2.39. The van der Waals surface area contributed by atoms with Gasteiger partial charge >= 0.3 is 23.9 Å². The summed E-state index contributed by atoms with van der Waals surface area (Å²) in [6, 6.07) is 7.63. The van der Waals surface area contributed by atoms with Gasteiger partial charge in [0.05, 0.1) is 26.2 Å². The number of ether oxygens (including phenoxy) is 4. The van der Waals surface area contributed by atoms with Crippen molar-refractivity contribution < 1.29 is 38.1 Å². The molecule has 11 nitrogen and oxygen atoms in total. The Labute approximate surface area is 320 Å². The molecule has 3 atom stereocenters. The van der Waals surface area contributed by atoms with Gasteiger partial charge < -0.3 is 18.9 Å². The molecule has 0 saturated heterocycles. The first kappa shape index (κ1) is 46.1. The first-order chi connectivity index (χ1) is 24.2. The summed E-state index contributed by atoms with van der Waals surface area (Å²) in [5, 5.41) is 0. The van der Waals surface area contributed by atoms with Crippen LogP contribution in [0.2, 0.25) is 0 Å². The van der Waals surface area contributed by atoms with Crippen molar-refractivity contribution in [3.05, 3.63) is 35.4 Å². The maximum atomic E-state index is 13.7. The summed E-state index contributed by atoms with van der Waals surface area (Å²) in [5.74, 6) is -1.57. The number of aryl methyl sites for hydroxylation is 1. The average molecular weight is 746 g/mol. The molecule has 0 unspecified atom stereocenters. The molecule has 0 N–H and O–H groups in total. The number of benzene rings is 1. The standard InChI is InChI=1S/C42H71N3O8/c1-15-43(26-35(46)50-39(3,4)5)33-18-16-17-19-34(33)45(29-38(49)53-42(12,13)14)25-32(24-31-22-20-30(2)21-23-31)44(27-36(47)51-40(6,7)8)28-37(48)52-41(9,10)11/h20-23,32-34H,15-19,24-29H2,1-14H3/t32-,33+,34+/m1/s1. The maximum Gasteiger partial charge on any atom is 0.320 e. The van der Waals surface area contributed by atoms with Crippen molar-refractivity contribution >= 4 is 23.9 Å². The van der Waals surface area contributed by atoms with Crippen LogP contribution in [0, 0.1) is 6.92 Å². The third kappa shape index (κ3) is 18.7. The van der Waals surface area contributed by atoms with Crippen LogP contribution in [-0.2, 0) is 44.5 Å². The monoisotopic (exact) mass is 746 g/mol. The second-order valence-corrected chi connectivity index (χ2v) is 18.5. The smallest absolute Gasteiger partial charge is 0.320 e. The number of rotatable bonds is 16. The highest BCUT2D eigenvalue weighted by molar-refractivity contribution is 5.76. The number of carbonyl (C=O) groups excluding carboxylic acids is 4. The van der Waals surface area contributed by atoms with Crippen molar-refractivity contribution in [1.82, 2.24) is 14.7 Å². The topological polar surface area (TPSA) is 115 Å². The lowest BCUT2D eigenvalue weighted by atomic mass is 9.87. The summed E-state index contributed by atoms with van der Waals surface area (Å²) >= 11 is 0. The highest BCUT2D eigenvalue weighted by atomic mass is 16.6. The predicted octanol–water partition coefficient (Wildman–Crippen LogP) is 6.51. The second kappa shape index (κ2) is 19.5. The van der Waals surface area contributed by atoms with Gasteiger partial charge in [-0.25, -0.2) is 0 Å². The van der Waals surface area contributed by atoms with Crippen molar-refractivity contribution in [3.63, 3.8) is 0 Å². The largest absolute Gasteiger partial charge is 0.459 e. The van der Waals surface area contributed by atoms with Gasteiger partial charge in [-0.2, -0.15) is 0 Å². The number of likely N-dealkylation sites (N-methyl/N-ethyl adjacent to an activating group) is 1. The van der Waals surface area contributed by atoms with E-state index in [4.69, 9.17) is 18.9 Å². The summed E-state index contributed by atoms with van der Waals surface area (Å²) in [7, 11) is 0. The SMILES string of the molecule is CCN(CC(=O)OC(C)(C)C)[C@H]1CCCC[C@@H]1N(CC(=O)OC(C)(C)C)C[C@@H](Cc1ccc(C)cc1)N(CC(=O)OC(C)(C)C)CC(=O)OC(C)(C)C. The van der Waals surface area contributed by atoms with Gasteiger partial charge in [-0.05, 0) is 121 Å². The number of esters is 4. The van der Waals surface area contributed by atoms with Crippen molar-refractivity contribution in [2.45, 2.75) is 170 Å². The van der Waals surface area contributed by atoms with Crippen molar-refractivity contribution in [2.24, 2.45) is 0 Å². The molecule has 0 bridgehead atoms. The first-order valence-corrected chi connectivity index (χ1v) is 19.4. The minimum Gasteiger partial charge on any atom is -0.459 e. The quantitative estimate of drug-likeness (QED) is 0.136. The summed E-state index contributed by atoms with van der Waals surface area (Å²) < 4.78 is 23.2. The third-order valence-corrected chi connectivity index (χ3v) is 8.60. The van der Waals surface area contributed by atoms with E-state index in [0.717, 1.165) is 36.8 Å². The molecule has 2 rings (SSSR count). The molecule has 0 aliphatic heterocycles. The number of hydrogen-bond donors (Lipinski definition) is 0. The lowest BCUT2D eigenvalue weighted by Crippen LogP contribution is -2.59. The van der Waals surface area contributed by atoms with E-state index in [2.05, 4.69) is 21.9 Å². The Kier molecular flexibility index (Phi) is 17.0. The molecular formula is C42H71N3O8. The fourth-order valence-corrected chi connectivity index (χ4v) is 6.77. The van der Waals surface area contributed by atoms with Gasteiger partial charge in [0.15, 0.2) is 0 Å². The molecule has 0 heterocycles. The summed E-state index contributed by atoms with van der Waals surface area (Å²) in [5.41, 5.74) is -0.613. The van der Waals surface area contributed by atoms with Crippen molar-refractivity contribution in [1.29, 1.82) is 0 Å². The average Bonchev–Trinajstić information content (AvgIpc) is 2.96. The maximum absolute atomic E-state index is 13.7. The van der Waals surface area contributed by atoms with E-state index in [9.17, 15) is 19.2 Å². The van der Waals surface area contributed by atoms with Crippen LogP contribution < -0.4 is 0 Å². The van der Waals surface area contributed by atoms with Gasteiger partial charge in [-0.15, -0.1) is 0 Å². The molecule has 0 radical (unpaired) electrons. The van der Waals surface area contributed by atoms with Gasteiger partial charge in [0, 0.05) is 24.7 Å². The van der Waals surface area contributed by atoms with Crippen LogP contribution in [-0.4, -0.2) is 118 Å². The van der Waals surface area contributed by atoms with Crippen LogP contribution in [0.25, 0.3) is 0 Å². The summed E-state index contributed by atoms with van der Waals surface area (Å²) in [4.78, 5) is 60.0. The van der Waals surface area contributed by atoms with E-state index in [0.29, 0.717) is 19.5 Å². The lowest BCUT2D eigenvalue weighted by Gasteiger charge is -2.46. The highest BCUT2D eigenvalue weighted by Crippen LogP contribution is 2.29. The molecule has 1 fully saturated rings. The Morgan fingerprint density at radius 3 is 1.34 bits per heavy atom. The van der Waals surface area contributed by atoms with Crippen LogP contribution in [0.15, 0.2) is 24.3 Å². The minimum absolute atomic E-state index is 0.000455. The number of nitrogens with zero attached hydrogens (tertiary/aromatic N) is 3. The van der Waals surface area contributed by atoms with E-state index in [1.165, 1.54) is 0 Å². The van der Waals surface area contributed by atoms with Crippen LogP contribution in [0.4, 0.5) is 0 Å². The Balaban J connectivity index is 2.68. The molecule has 302 valence electrons. The zero-order valence-electron chi connectivity index (χ0n) is 35.4. The fraction of sp³-hybridized carbons (Fsp3) is 0.762. The summed E-state index contributed by atoms with van der Waals surface area (Å²) in [6.07, 6.45) is 4.08. The van der Waals surface area contributed by atoms with Crippen LogP contribution in [0.5, 0.6) is 0 Å². The van der Waals surface area contributed by atoms with E-state index in [1.54, 1.807) is 0 Å². The molecular weight excluding hydrogens is 674 g/mol. The zero-order valence-corrected chi connectivity index (χ0v) is 35.4. The fourth-order valence-electron chi connectivity index (χ4n) is 6.77. The molecule has 0 aromatic heterocycles. The normalized spacial score (nSPS) is 17.8. The van der Waals surface area contributed by atoms with E-state index < -0.39 is 40.4 Å². The molecule has 1 aliphatic rings. The van der Waals surface area contributed by atoms with Gasteiger partial charge in [0.2, 0.25) is 0 Å². The molecule has 1 saturated carbocycles. The number of hydrogen-bond acceptors (Lipinski definition) is 11. The molecule has 1 aromatic rings. The second-order valence-electron chi connectivity index (χ2n) is 18.5. The van der Waals surface area contributed by atoms with Gasteiger partial charge in [0.1, 0.15) is 22.4 Å². The minimum atomic E-state index is -0.725. The molecule has 53 heavy (non-hydrogen) atoms. The van der Waals surface area contributed by atoms with Crippen LogP contribution in [0.1, 0.15) is 127 Å². The Morgan fingerprint density at radius 1 is 0.604 bits per heavy atom. The van der Waals surface area contributed by atoms with Crippen molar-refractivity contribution in [2.75, 3.05) is 39.3 Å². The third-order valence-electron chi connectivity index (χ3n) is 8.60. The molecule has 1 aliphatic carbocycles. The molecule has 1 aromatic carbocycles. The van der Waals surface area contributed by atoms with E-state index >= 15 is 0 Å². The first-order valence-electron chi connectivity index (χ1n) is 19.4. The van der Waals surface area contributed by atoms with Gasteiger partial charge in [-0.3, -0.25) is 33.9 Å². The molecule has 0 amide bonds. The van der Waals surface area contributed by atoms with Gasteiger partial charge in [-0.1, -0.05) is 49.6 Å². The molecule has 0 spiro atoms. The Bertz CT molecular complexity index is 1300. The van der Waals surface area contributed by atoms with E-state index in [1.807, 2.05) is 114 Å². The number of carbonyl (C=O) groups is 4. The van der Waals surface area contributed by atoms with Crippen LogP contribution >= 0.6 is 0 Å². The molecule has 11 heteroatoms. The van der Waals surface area contributed by atoms with E-state index in [-0.39, 0.29) is 50.2 Å². The van der Waals surface area contributed by atoms with Gasteiger partial charge in [0.25, 0.3) is 0 Å². The van der Waals surface area contributed by atoms with Crippen molar-refractivity contribution in [3.8, 4) is 0 Å². The Hall–Kier alpha value is -3.02. The summed E-state index contributed by atoms with van der Waals surface area (Å²) in [6.45, 7) is 26.9. The Morgan fingerprint density at radius 2 is 0.962 bits per heavy atom.